The molecule has 0 N–H and O–H groups in total. The topological polar surface area (TPSA) is 63.5 Å². The zero-order valence-electron chi connectivity index (χ0n) is 12.6. The van der Waals surface area contributed by atoms with E-state index in [1.165, 1.54) is 4.90 Å². The molecule has 0 heterocycles. The zero-order chi connectivity index (χ0) is 16.4. The highest BCUT2D eigenvalue weighted by Gasteiger charge is 2.35. The number of benzene rings is 1. The van der Waals surface area contributed by atoms with Crippen molar-refractivity contribution in [3.63, 3.8) is 0 Å². The van der Waals surface area contributed by atoms with Gasteiger partial charge in [0.2, 0.25) is 5.82 Å². The van der Waals surface area contributed by atoms with Crippen LogP contribution in [0.25, 0.3) is 0 Å². The van der Waals surface area contributed by atoms with Crippen LogP contribution in [0, 0.1) is 15.9 Å². The number of hydrogen-bond acceptors (Lipinski definition) is 3. The first-order valence-corrected chi connectivity index (χ1v) is 7.60. The number of carbonyl (C=O) groups excluding carboxylic acids is 1. The molecule has 1 amide bonds. The van der Waals surface area contributed by atoms with Crippen molar-refractivity contribution in [3.05, 3.63) is 38.1 Å². The number of nitro benzene ring substituents is 1. The van der Waals surface area contributed by atoms with Gasteiger partial charge in [-0.3, -0.25) is 14.9 Å². The molecule has 5 nitrogen and oxygen atoms in total. The van der Waals surface area contributed by atoms with Crippen molar-refractivity contribution in [2.24, 2.45) is 0 Å². The fraction of sp³-hybridized carbons (Fsp3) is 0.533. The molecule has 1 aliphatic carbocycles. The van der Waals surface area contributed by atoms with Gasteiger partial charge in [-0.25, -0.2) is 0 Å². The van der Waals surface area contributed by atoms with Crippen LogP contribution in [-0.2, 0) is 0 Å². The predicted octanol–water partition coefficient (Wildman–Crippen LogP) is 4.14. The summed E-state index contributed by atoms with van der Waals surface area (Å²) in [4.78, 5) is 24.3. The van der Waals surface area contributed by atoms with Gasteiger partial charge < -0.3 is 4.90 Å². The highest BCUT2D eigenvalue weighted by molar-refractivity contribution is 6.34. The monoisotopic (exact) mass is 328 g/mol. The quantitative estimate of drug-likeness (QED) is 0.619. The van der Waals surface area contributed by atoms with Crippen LogP contribution in [0.3, 0.4) is 0 Å². The summed E-state index contributed by atoms with van der Waals surface area (Å²) in [6.45, 7) is 0. The number of rotatable bonds is 3. The van der Waals surface area contributed by atoms with Gasteiger partial charge >= 0.3 is 5.69 Å². The minimum Gasteiger partial charge on any atom is -0.345 e. The fourth-order valence-corrected chi connectivity index (χ4v) is 3.32. The summed E-state index contributed by atoms with van der Waals surface area (Å²) in [5, 5.41) is 11.3. The molecule has 2 rings (SSSR count). The van der Waals surface area contributed by atoms with E-state index in [1.54, 1.807) is 14.1 Å². The molecule has 0 saturated heterocycles. The molecule has 0 unspecified atom stereocenters. The van der Waals surface area contributed by atoms with Crippen LogP contribution in [0.5, 0.6) is 0 Å². The Bertz CT molecular complexity index is 613. The van der Waals surface area contributed by atoms with Gasteiger partial charge in [-0.15, -0.1) is 0 Å². The van der Waals surface area contributed by atoms with E-state index in [4.69, 9.17) is 11.6 Å². The molecular weight excluding hydrogens is 311 g/mol. The third-order valence-electron chi connectivity index (χ3n) is 4.06. The minimum atomic E-state index is -0.981. The Morgan fingerprint density at radius 2 is 1.95 bits per heavy atom. The van der Waals surface area contributed by atoms with E-state index >= 15 is 0 Å². The molecule has 0 atom stereocenters. The summed E-state index contributed by atoms with van der Waals surface area (Å²) in [6, 6.07) is 0.864. The first-order valence-electron chi connectivity index (χ1n) is 7.22. The van der Waals surface area contributed by atoms with Crippen LogP contribution in [-0.4, -0.2) is 29.8 Å². The molecule has 0 spiro atoms. The lowest BCUT2D eigenvalue weighted by Gasteiger charge is -2.25. The summed E-state index contributed by atoms with van der Waals surface area (Å²) in [6.07, 6.45) is 4.27. The molecule has 1 aromatic rings. The lowest BCUT2D eigenvalue weighted by molar-refractivity contribution is -0.388. The molecule has 7 heteroatoms. The zero-order valence-corrected chi connectivity index (χ0v) is 13.3. The summed E-state index contributed by atoms with van der Waals surface area (Å²) in [7, 11) is 3.08. The van der Waals surface area contributed by atoms with Gasteiger partial charge in [0.1, 0.15) is 0 Å². The molecule has 0 radical (unpaired) electrons. The van der Waals surface area contributed by atoms with E-state index in [-0.39, 0.29) is 22.1 Å². The highest BCUT2D eigenvalue weighted by atomic mass is 35.5. The maximum atomic E-state index is 14.1. The van der Waals surface area contributed by atoms with E-state index in [9.17, 15) is 19.3 Å². The molecule has 0 bridgehead atoms. The summed E-state index contributed by atoms with van der Waals surface area (Å²) in [5.41, 5.74) is -0.387. The van der Waals surface area contributed by atoms with E-state index < -0.39 is 22.3 Å². The van der Waals surface area contributed by atoms with Crippen LogP contribution >= 0.6 is 11.6 Å². The van der Waals surface area contributed by atoms with E-state index in [0.717, 1.165) is 25.3 Å². The van der Waals surface area contributed by atoms with Crippen molar-refractivity contribution < 1.29 is 14.1 Å². The van der Waals surface area contributed by atoms with Crippen LogP contribution in [0.4, 0.5) is 10.1 Å². The smallest absolute Gasteiger partial charge is 0.309 e. The van der Waals surface area contributed by atoms with Crippen molar-refractivity contribution in [2.45, 2.75) is 38.0 Å². The molecule has 22 heavy (non-hydrogen) atoms. The van der Waals surface area contributed by atoms with Gasteiger partial charge in [-0.2, -0.15) is 4.39 Å². The van der Waals surface area contributed by atoms with Crippen LogP contribution in [0.1, 0.15) is 53.9 Å². The number of nitrogens with zero attached hydrogens (tertiary/aromatic N) is 2. The third-order valence-corrected chi connectivity index (χ3v) is 4.36. The van der Waals surface area contributed by atoms with Gasteiger partial charge in [-0.1, -0.05) is 30.9 Å². The summed E-state index contributed by atoms with van der Waals surface area (Å²) < 4.78 is 14.1. The average Bonchev–Trinajstić information content (AvgIpc) is 2.46. The predicted molar refractivity (Wildman–Crippen MR) is 81.9 cm³/mol. The first-order chi connectivity index (χ1) is 10.3. The lowest BCUT2D eigenvalue weighted by Crippen LogP contribution is -2.25. The summed E-state index contributed by atoms with van der Waals surface area (Å²) >= 11 is 6.06. The number of carbonyl (C=O) groups is 1. The Kier molecular flexibility index (Phi) is 5.01. The maximum Gasteiger partial charge on any atom is 0.309 e. The number of hydrogen-bond donors (Lipinski definition) is 0. The molecule has 1 aromatic carbocycles. The van der Waals surface area contributed by atoms with Gasteiger partial charge in [-0.05, 0) is 18.8 Å². The first kappa shape index (κ1) is 16.7. The lowest BCUT2D eigenvalue weighted by atomic mass is 9.81. The molecule has 1 fully saturated rings. The Morgan fingerprint density at radius 3 is 2.45 bits per heavy atom. The average molecular weight is 329 g/mol. The standard InChI is InChI=1S/C15H18ClFN2O3/c1-18(2)15(20)13-10(16)8-11(17)14(19(21)22)12(13)9-6-4-3-5-7-9/h8-9H,3-7H2,1-2H3. The molecule has 1 aliphatic rings. The van der Waals surface area contributed by atoms with Crippen molar-refractivity contribution in [3.8, 4) is 0 Å². The van der Waals surface area contributed by atoms with E-state index in [0.29, 0.717) is 12.8 Å². The fourth-order valence-electron chi connectivity index (χ4n) is 3.04. The van der Waals surface area contributed by atoms with E-state index in [2.05, 4.69) is 0 Å². The molecule has 120 valence electrons. The molecular formula is C15H18ClFN2O3. The molecule has 0 aromatic heterocycles. The van der Waals surface area contributed by atoms with Crippen LogP contribution in [0.2, 0.25) is 5.02 Å². The Balaban J connectivity index is 2.72. The minimum absolute atomic E-state index is 0.0617. The second-order valence-corrected chi connectivity index (χ2v) is 6.18. The Labute approximate surface area is 133 Å². The number of amides is 1. The Morgan fingerprint density at radius 1 is 1.36 bits per heavy atom. The van der Waals surface area contributed by atoms with E-state index in [1.807, 2.05) is 0 Å². The van der Waals surface area contributed by atoms with Crippen LogP contribution < -0.4 is 0 Å². The highest BCUT2D eigenvalue weighted by Crippen LogP contribution is 2.43. The normalized spacial score (nSPS) is 15.6. The SMILES string of the molecule is CN(C)C(=O)c1c(Cl)cc(F)c([N+](=O)[O-])c1C1CCCCC1. The van der Waals surface area contributed by atoms with Crippen molar-refractivity contribution in [1.82, 2.24) is 4.90 Å². The maximum absolute atomic E-state index is 14.1. The number of nitro groups is 1. The molecule has 0 aliphatic heterocycles. The largest absolute Gasteiger partial charge is 0.345 e. The van der Waals surface area contributed by atoms with Gasteiger partial charge in [0.15, 0.2) is 0 Å². The van der Waals surface area contributed by atoms with Gasteiger partial charge in [0, 0.05) is 20.2 Å². The van der Waals surface area contributed by atoms with Gasteiger partial charge in [0.05, 0.1) is 21.1 Å². The van der Waals surface area contributed by atoms with Gasteiger partial charge in [0.25, 0.3) is 5.91 Å². The van der Waals surface area contributed by atoms with Crippen molar-refractivity contribution >= 4 is 23.2 Å². The second-order valence-electron chi connectivity index (χ2n) is 5.77. The second kappa shape index (κ2) is 6.60. The molecule has 1 saturated carbocycles. The van der Waals surface area contributed by atoms with Crippen molar-refractivity contribution in [1.29, 1.82) is 0 Å². The van der Waals surface area contributed by atoms with Crippen molar-refractivity contribution in [2.75, 3.05) is 14.1 Å². The third kappa shape index (κ3) is 3.06. The summed E-state index contributed by atoms with van der Waals surface area (Å²) in [5.74, 6) is -1.62. The Hall–Kier alpha value is -1.69. The van der Waals surface area contributed by atoms with Crippen LogP contribution in [0.15, 0.2) is 6.07 Å². The number of halogens is 2.